The lowest BCUT2D eigenvalue weighted by atomic mass is 10.2. The number of anilines is 2. The van der Waals surface area contributed by atoms with Gasteiger partial charge in [-0.25, -0.2) is 8.42 Å². The number of methoxy groups -OCH3 is 1. The monoisotopic (exact) mass is 590 g/mol. The first-order chi connectivity index (χ1) is 18.2. The predicted octanol–water partition coefficient (Wildman–Crippen LogP) is 7.28. The van der Waals surface area contributed by atoms with E-state index in [1.807, 2.05) is 0 Å². The Labute approximate surface area is 235 Å². The van der Waals surface area contributed by atoms with Crippen LogP contribution in [0, 0.1) is 0 Å². The zero-order chi connectivity index (χ0) is 27.3. The highest BCUT2D eigenvalue weighted by Crippen LogP contribution is 2.36. The van der Waals surface area contributed by atoms with Crippen molar-refractivity contribution in [2.75, 3.05) is 23.3 Å². The zero-order valence-corrected chi connectivity index (χ0v) is 23.0. The Morgan fingerprint density at radius 2 is 1.45 bits per heavy atom. The van der Waals surface area contributed by atoms with Crippen LogP contribution in [0.25, 0.3) is 0 Å². The number of nitrogens with zero attached hydrogens (tertiary/aromatic N) is 1. The minimum absolute atomic E-state index is 0.0439. The summed E-state index contributed by atoms with van der Waals surface area (Å²) in [5.41, 5.74) is 0.447. The van der Waals surface area contributed by atoms with Gasteiger partial charge >= 0.3 is 0 Å². The van der Waals surface area contributed by atoms with Crippen molar-refractivity contribution in [1.29, 1.82) is 0 Å². The molecular weight excluding hydrogens is 571 g/mol. The lowest BCUT2D eigenvalue weighted by molar-refractivity contribution is -0.114. The second-order valence-electron chi connectivity index (χ2n) is 7.89. The Balaban J connectivity index is 1.65. The molecule has 0 aliphatic rings. The number of nitrogens with one attached hydrogen (secondary N) is 1. The molecule has 0 saturated carbocycles. The summed E-state index contributed by atoms with van der Waals surface area (Å²) in [6.07, 6.45) is 0. The van der Waals surface area contributed by atoms with E-state index in [-0.39, 0.29) is 22.0 Å². The summed E-state index contributed by atoms with van der Waals surface area (Å²) in [6.45, 7) is -0.564. The van der Waals surface area contributed by atoms with Crippen LogP contribution < -0.4 is 19.1 Å². The highest BCUT2D eigenvalue weighted by atomic mass is 35.5. The van der Waals surface area contributed by atoms with Crippen LogP contribution in [0.5, 0.6) is 17.2 Å². The van der Waals surface area contributed by atoms with E-state index in [0.717, 1.165) is 4.31 Å². The van der Waals surface area contributed by atoms with Gasteiger partial charge in [0.15, 0.2) is 17.2 Å². The first-order valence-corrected chi connectivity index (χ1v) is 13.7. The SMILES string of the molecule is COc1ccccc1Oc1ccc(Cl)cc1NC(=O)CN(c1cccc(Cl)c1)S(=O)(=O)c1ccc(Cl)cc1. The maximum atomic E-state index is 13.6. The molecule has 0 saturated heterocycles. The van der Waals surface area contributed by atoms with Crippen molar-refractivity contribution in [3.63, 3.8) is 0 Å². The topological polar surface area (TPSA) is 84.9 Å². The van der Waals surface area contributed by atoms with Crippen molar-refractivity contribution in [3.8, 4) is 17.2 Å². The minimum atomic E-state index is -4.17. The van der Waals surface area contributed by atoms with Crippen LogP contribution in [0.3, 0.4) is 0 Å². The van der Waals surface area contributed by atoms with Gasteiger partial charge in [-0.2, -0.15) is 0 Å². The molecule has 0 atom stereocenters. The average Bonchev–Trinajstić information content (AvgIpc) is 2.89. The van der Waals surface area contributed by atoms with Crippen LogP contribution >= 0.6 is 34.8 Å². The summed E-state index contributed by atoms with van der Waals surface area (Å²) in [7, 11) is -2.66. The van der Waals surface area contributed by atoms with Gasteiger partial charge in [0.2, 0.25) is 5.91 Å². The van der Waals surface area contributed by atoms with Crippen molar-refractivity contribution < 1.29 is 22.7 Å². The minimum Gasteiger partial charge on any atom is -0.493 e. The molecule has 7 nitrogen and oxygen atoms in total. The molecule has 4 aromatic rings. The van der Waals surface area contributed by atoms with Crippen molar-refractivity contribution in [2.24, 2.45) is 0 Å². The quantitative estimate of drug-likeness (QED) is 0.221. The van der Waals surface area contributed by atoms with E-state index >= 15 is 0 Å². The molecule has 0 aliphatic heterocycles. The number of hydrogen-bond acceptors (Lipinski definition) is 5. The molecule has 11 heteroatoms. The maximum absolute atomic E-state index is 13.6. The van der Waals surface area contributed by atoms with Gasteiger partial charge in [0.25, 0.3) is 10.0 Å². The molecular formula is C27H21Cl3N2O5S. The van der Waals surface area contributed by atoms with Crippen LogP contribution in [0.4, 0.5) is 11.4 Å². The first kappa shape index (κ1) is 27.6. The summed E-state index contributed by atoms with van der Waals surface area (Å²) < 4.78 is 39.4. The Morgan fingerprint density at radius 1 is 0.789 bits per heavy atom. The van der Waals surface area contributed by atoms with E-state index in [2.05, 4.69) is 5.32 Å². The number of sulfonamides is 1. The summed E-state index contributed by atoms with van der Waals surface area (Å²) in [6, 6.07) is 23.5. The number of ether oxygens (including phenoxy) is 2. The van der Waals surface area contributed by atoms with Gasteiger partial charge in [-0.15, -0.1) is 0 Å². The van der Waals surface area contributed by atoms with E-state index in [4.69, 9.17) is 44.3 Å². The molecule has 0 heterocycles. The highest BCUT2D eigenvalue weighted by molar-refractivity contribution is 7.92. The summed E-state index contributed by atoms with van der Waals surface area (Å²) in [4.78, 5) is 13.2. The Kier molecular flexibility index (Phi) is 8.69. The fourth-order valence-corrected chi connectivity index (χ4v) is 5.41. The molecule has 0 unspecified atom stereocenters. The van der Waals surface area contributed by atoms with Gasteiger partial charge < -0.3 is 14.8 Å². The van der Waals surface area contributed by atoms with E-state index in [9.17, 15) is 13.2 Å². The second kappa shape index (κ2) is 12.0. The lowest BCUT2D eigenvalue weighted by Gasteiger charge is -2.24. The van der Waals surface area contributed by atoms with Crippen molar-refractivity contribution >= 4 is 62.1 Å². The number of carbonyl (C=O) groups is 1. The van der Waals surface area contributed by atoms with Crippen LogP contribution in [0.2, 0.25) is 15.1 Å². The number of para-hydroxylation sites is 2. The number of rotatable bonds is 9. The van der Waals surface area contributed by atoms with Gasteiger partial charge in [-0.3, -0.25) is 9.10 Å². The number of hydrogen-bond donors (Lipinski definition) is 1. The molecule has 1 N–H and O–H groups in total. The van der Waals surface area contributed by atoms with Crippen LogP contribution in [-0.4, -0.2) is 28.0 Å². The molecule has 4 rings (SSSR count). The number of carbonyl (C=O) groups excluding carboxylic acids is 1. The number of halogens is 3. The number of benzene rings is 4. The fraction of sp³-hybridized carbons (Fsp3) is 0.0741. The molecule has 4 aromatic carbocycles. The largest absolute Gasteiger partial charge is 0.493 e. The third-order valence-corrected chi connectivity index (χ3v) is 7.80. The summed E-state index contributed by atoms with van der Waals surface area (Å²) in [5, 5.41) is 3.73. The van der Waals surface area contributed by atoms with E-state index < -0.39 is 22.5 Å². The van der Waals surface area contributed by atoms with Crippen molar-refractivity contribution in [1.82, 2.24) is 0 Å². The smallest absolute Gasteiger partial charge is 0.264 e. The second-order valence-corrected chi connectivity index (χ2v) is 11.1. The van der Waals surface area contributed by atoms with Crippen LogP contribution in [0.1, 0.15) is 0 Å². The van der Waals surface area contributed by atoms with Crippen LogP contribution in [-0.2, 0) is 14.8 Å². The fourth-order valence-electron chi connectivity index (χ4n) is 3.51. The normalized spacial score (nSPS) is 11.1. The predicted molar refractivity (Wildman–Crippen MR) is 151 cm³/mol. The average molecular weight is 592 g/mol. The molecule has 0 radical (unpaired) electrons. The Bertz CT molecular complexity index is 1560. The Hall–Kier alpha value is -3.43. The molecule has 0 aromatic heterocycles. The molecule has 0 fully saturated rings. The third-order valence-electron chi connectivity index (χ3n) is 5.29. The molecule has 0 aliphatic carbocycles. The first-order valence-electron chi connectivity index (χ1n) is 11.1. The van der Waals surface area contributed by atoms with Crippen molar-refractivity contribution in [3.05, 3.63) is 106 Å². The van der Waals surface area contributed by atoms with E-state index in [0.29, 0.717) is 26.6 Å². The van der Waals surface area contributed by atoms with Gasteiger partial charge in [0, 0.05) is 15.1 Å². The van der Waals surface area contributed by atoms with Gasteiger partial charge in [-0.1, -0.05) is 53.0 Å². The molecule has 196 valence electrons. The molecule has 38 heavy (non-hydrogen) atoms. The van der Waals surface area contributed by atoms with Gasteiger partial charge in [0.1, 0.15) is 6.54 Å². The van der Waals surface area contributed by atoms with Crippen LogP contribution in [0.15, 0.2) is 95.9 Å². The van der Waals surface area contributed by atoms with Gasteiger partial charge in [0.05, 0.1) is 23.4 Å². The molecule has 1 amide bonds. The standard InChI is InChI=1S/C27H21Cl3N2O5S/c1-36-25-7-2-3-8-26(25)37-24-14-11-20(30)16-23(24)31-27(33)17-32(21-6-4-5-19(29)15-21)38(34,35)22-12-9-18(28)10-13-22/h2-16H,17H2,1H3,(H,31,33). The lowest BCUT2D eigenvalue weighted by Crippen LogP contribution is -2.38. The number of amides is 1. The van der Waals surface area contributed by atoms with Crippen molar-refractivity contribution in [2.45, 2.75) is 4.90 Å². The molecule has 0 bridgehead atoms. The Morgan fingerprint density at radius 3 is 2.13 bits per heavy atom. The van der Waals surface area contributed by atoms with E-state index in [1.165, 1.54) is 43.5 Å². The summed E-state index contributed by atoms with van der Waals surface area (Å²) >= 11 is 18.3. The zero-order valence-electron chi connectivity index (χ0n) is 19.9. The van der Waals surface area contributed by atoms with E-state index in [1.54, 1.807) is 54.6 Å². The summed E-state index contributed by atoms with van der Waals surface area (Å²) in [5.74, 6) is 0.538. The maximum Gasteiger partial charge on any atom is 0.264 e. The molecule has 0 spiro atoms. The van der Waals surface area contributed by atoms with Gasteiger partial charge in [-0.05, 0) is 72.8 Å². The highest BCUT2D eigenvalue weighted by Gasteiger charge is 2.28. The third kappa shape index (κ3) is 6.52.